The maximum Gasteiger partial charge on any atom is 0.328 e. The van der Waals surface area contributed by atoms with Gasteiger partial charge in [0.25, 0.3) is 0 Å². The summed E-state index contributed by atoms with van der Waals surface area (Å²) in [5, 5.41) is 0. The van der Waals surface area contributed by atoms with E-state index in [1.807, 2.05) is 12.1 Å². The van der Waals surface area contributed by atoms with E-state index in [-0.39, 0.29) is 12.0 Å². The van der Waals surface area contributed by atoms with E-state index in [4.69, 9.17) is 4.74 Å². The number of carbonyl (C=O) groups excluding carboxylic acids is 1. The Morgan fingerprint density at radius 2 is 2.00 bits per heavy atom. The third-order valence-electron chi connectivity index (χ3n) is 3.96. The van der Waals surface area contributed by atoms with Gasteiger partial charge in [0.2, 0.25) is 0 Å². The lowest BCUT2D eigenvalue weighted by molar-refractivity contribution is -0.142. The minimum absolute atomic E-state index is 0.127. The minimum atomic E-state index is -0.171. The second kappa shape index (κ2) is 6.64. The Labute approximate surface area is 121 Å². The molecule has 0 aliphatic carbocycles. The number of anilines is 2. The molecule has 0 amide bonds. The van der Waals surface area contributed by atoms with Gasteiger partial charge >= 0.3 is 5.97 Å². The average molecular weight is 276 g/mol. The van der Waals surface area contributed by atoms with E-state index in [0.717, 1.165) is 38.0 Å². The van der Waals surface area contributed by atoms with E-state index in [1.54, 1.807) is 0 Å². The van der Waals surface area contributed by atoms with Crippen LogP contribution in [0.15, 0.2) is 24.3 Å². The molecule has 0 bridgehead atoms. The Balaban J connectivity index is 2.29. The molecule has 110 valence electrons. The number of methoxy groups -OCH3 is 1. The summed E-state index contributed by atoms with van der Waals surface area (Å²) in [5.74, 6) is -0.127. The highest BCUT2D eigenvalue weighted by Gasteiger charge is 2.31. The third kappa shape index (κ3) is 2.89. The first-order chi connectivity index (χ1) is 9.69. The van der Waals surface area contributed by atoms with Crippen LogP contribution in [0.2, 0.25) is 0 Å². The van der Waals surface area contributed by atoms with Crippen molar-refractivity contribution < 1.29 is 9.53 Å². The molecular weight excluding hydrogens is 252 g/mol. The molecule has 0 N–H and O–H groups in total. The van der Waals surface area contributed by atoms with Crippen molar-refractivity contribution in [3.63, 3.8) is 0 Å². The summed E-state index contributed by atoms with van der Waals surface area (Å²) in [6, 6.07) is 8.09. The Morgan fingerprint density at radius 3 is 2.65 bits per heavy atom. The topological polar surface area (TPSA) is 32.8 Å². The van der Waals surface area contributed by atoms with Gasteiger partial charge in [-0.25, -0.2) is 4.79 Å². The first-order valence-electron chi connectivity index (χ1n) is 7.33. The molecule has 1 heterocycles. The van der Waals surface area contributed by atoms with Crippen LogP contribution in [-0.4, -0.2) is 39.3 Å². The van der Waals surface area contributed by atoms with Gasteiger partial charge in [-0.1, -0.05) is 31.9 Å². The summed E-state index contributed by atoms with van der Waals surface area (Å²) in [6.07, 6.45) is 2.97. The summed E-state index contributed by atoms with van der Waals surface area (Å²) >= 11 is 0. The molecule has 0 saturated heterocycles. The molecule has 4 nitrogen and oxygen atoms in total. The molecule has 2 rings (SSSR count). The lowest BCUT2D eigenvalue weighted by Crippen LogP contribution is -2.48. The lowest BCUT2D eigenvalue weighted by atomic mass is 10.0. The summed E-state index contributed by atoms with van der Waals surface area (Å²) in [6.45, 7) is 3.93. The van der Waals surface area contributed by atoms with Crippen molar-refractivity contribution in [3.05, 3.63) is 24.3 Å². The van der Waals surface area contributed by atoms with E-state index in [2.05, 4.69) is 35.9 Å². The van der Waals surface area contributed by atoms with Gasteiger partial charge in [0.15, 0.2) is 0 Å². The normalized spacial score (nSPS) is 15.8. The van der Waals surface area contributed by atoms with E-state index >= 15 is 0 Å². The van der Waals surface area contributed by atoms with Crippen molar-refractivity contribution in [2.24, 2.45) is 0 Å². The van der Waals surface area contributed by atoms with Gasteiger partial charge in [-0.3, -0.25) is 0 Å². The molecule has 0 aromatic heterocycles. The maximum atomic E-state index is 12.1. The Morgan fingerprint density at radius 1 is 1.30 bits per heavy atom. The van der Waals surface area contributed by atoms with Crippen LogP contribution in [0.3, 0.4) is 0 Å². The number of rotatable bonds is 5. The zero-order valence-electron chi connectivity index (χ0n) is 12.6. The number of hydrogen-bond acceptors (Lipinski definition) is 4. The Bertz CT molecular complexity index is 462. The van der Waals surface area contributed by atoms with Gasteiger partial charge in [0.1, 0.15) is 6.04 Å². The van der Waals surface area contributed by atoms with Gasteiger partial charge in [-0.2, -0.15) is 0 Å². The fourth-order valence-corrected chi connectivity index (χ4v) is 2.79. The van der Waals surface area contributed by atoms with Crippen LogP contribution >= 0.6 is 0 Å². The second-order valence-electron chi connectivity index (χ2n) is 5.28. The van der Waals surface area contributed by atoms with Gasteiger partial charge in [0.05, 0.1) is 18.5 Å². The highest BCUT2D eigenvalue weighted by Crippen LogP contribution is 2.34. The molecule has 4 heteroatoms. The SMILES string of the molecule is CCCCC(C(=O)OC)N1CCN(C)c2ccccc21. The number of benzene rings is 1. The molecule has 0 radical (unpaired) electrons. The Kier molecular flexibility index (Phi) is 4.88. The largest absolute Gasteiger partial charge is 0.467 e. The summed E-state index contributed by atoms with van der Waals surface area (Å²) in [7, 11) is 3.57. The van der Waals surface area contributed by atoms with Crippen LogP contribution < -0.4 is 9.80 Å². The first kappa shape index (κ1) is 14.7. The van der Waals surface area contributed by atoms with Gasteiger partial charge in [-0.05, 0) is 18.6 Å². The number of carbonyl (C=O) groups is 1. The number of para-hydroxylation sites is 2. The van der Waals surface area contributed by atoms with Crippen LogP contribution in [0.4, 0.5) is 11.4 Å². The van der Waals surface area contributed by atoms with Crippen molar-refractivity contribution in [3.8, 4) is 0 Å². The smallest absolute Gasteiger partial charge is 0.328 e. The highest BCUT2D eigenvalue weighted by molar-refractivity contribution is 5.84. The van der Waals surface area contributed by atoms with Crippen molar-refractivity contribution in [1.29, 1.82) is 0 Å². The first-order valence-corrected chi connectivity index (χ1v) is 7.33. The van der Waals surface area contributed by atoms with Crippen LogP contribution in [-0.2, 0) is 9.53 Å². The van der Waals surface area contributed by atoms with Crippen molar-refractivity contribution >= 4 is 17.3 Å². The average Bonchev–Trinajstić information content (AvgIpc) is 2.49. The number of likely N-dealkylation sites (N-methyl/N-ethyl adjacent to an activating group) is 1. The molecule has 1 unspecified atom stereocenters. The number of fused-ring (bicyclic) bond motifs is 1. The van der Waals surface area contributed by atoms with E-state index < -0.39 is 0 Å². The van der Waals surface area contributed by atoms with Gasteiger partial charge < -0.3 is 14.5 Å². The van der Waals surface area contributed by atoms with E-state index in [1.165, 1.54) is 12.8 Å². The monoisotopic (exact) mass is 276 g/mol. The minimum Gasteiger partial charge on any atom is -0.467 e. The predicted molar refractivity (Wildman–Crippen MR) is 82.4 cm³/mol. The number of esters is 1. The third-order valence-corrected chi connectivity index (χ3v) is 3.96. The van der Waals surface area contributed by atoms with Crippen LogP contribution in [0.5, 0.6) is 0 Å². The highest BCUT2D eigenvalue weighted by atomic mass is 16.5. The van der Waals surface area contributed by atoms with Gasteiger partial charge in [-0.15, -0.1) is 0 Å². The second-order valence-corrected chi connectivity index (χ2v) is 5.28. The number of nitrogens with zero attached hydrogens (tertiary/aromatic N) is 2. The molecule has 1 aromatic carbocycles. The summed E-state index contributed by atoms with van der Waals surface area (Å²) in [4.78, 5) is 16.6. The molecule has 0 fully saturated rings. The summed E-state index contributed by atoms with van der Waals surface area (Å²) < 4.78 is 5.01. The molecule has 0 saturated carbocycles. The molecule has 1 atom stereocenters. The van der Waals surface area contributed by atoms with Crippen molar-refractivity contribution in [2.75, 3.05) is 37.0 Å². The molecule has 0 spiro atoms. The summed E-state index contributed by atoms with van der Waals surface area (Å²) in [5.41, 5.74) is 2.32. The number of hydrogen-bond donors (Lipinski definition) is 0. The molecule has 20 heavy (non-hydrogen) atoms. The number of unbranched alkanes of at least 4 members (excludes halogenated alkanes) is 1. The molecular formula is C16H24N2O2. The molecule has 1 aliphatic rings. The fourth-order valence-electron chi connectivity index (χ4n) is 2.79. The lowest BCUT2D eigenvalue weighted by Gasteiger charge is -2.40. The fraction of sp³-hybridized carbons (Fsp3) is 0.562. The molecule has 1 aliphatic heterocycles. The van der Waals surface area contributed by atoms with E-state index in [0.29, 0.717) is 0 Å². The number of ether oxygens (including phenoxy) is 1. The maximum absolute atomic E-state index is 12.1. The van der Waals surface area contributed by atoms with Crippen molar-refractivity contribution in [2.45, 2.75) is 32.2 Å². The Hall–Kier alpha value is -1.71. The zero-order valence-corrected chi connectivity index (χ0v) is 12.6. The van der Waals surface area contributed by atoms with Gasteiger partial charge in [0, 0.05) is 20.1 Å². The zero-order chi connectivity index (χ0) is 14.5. The quantitative estimate of drug-likeness (QED) is 0.774. The van der Waals surface area contributed by atoms with Crippen LogP contribution in [0, 0.1) is 0 Å². The van der Waals surface area contributed by atoms with Crippen LogP contribution in [0.1, 0.15) is 26.2 Å². The van der Waals surface area contributed by atoms with Crippen molar-refractivity contribution in [1.82, 2.24) is 0 Å². The van der Waals surface area contributed by atoms with E-state index in [9.17, 15) is 4.79 Å². The molecule has 1 aromatic rings. The standard InChI is InChI=1S/C16H24N2O2/c1-4-5-8-15(16(19)20-3)18-12-11-17(2)13-9-6-7-10-14(13)18/h6-7,9-10,15H,4-5,8,11-12H2,1-3H3. The van der Waals surface area contributed by atoms with Crippen LogP contribution in [0.25, 0.3) is 0 Å². The predicted octanol–water partition coefficient (Wildman–Crippen LogP) is 2.67.